The summed E-state index contributed by atoms with van der Waals surface area (Å²) in [6, 6.07) is 16.9. The Morgan fingerprint density at radius 1 is 0.964 bits per heavy atom. The summed E-state index contributed by atoms with van der Waals surface area (Å²) in [5.41, 5.74) is 3.47. The van der Waals surface area contributed by atoms with Crippen molar-refractivity contribution in [3.05, 3.63) is 94.3 Å². The molecule has 4 rings (SSSR count). The van der Waals surface area contributed by atoms with E-state index in [0.29, 0.717) is 22.1 Å². The molecule has 2 heterocycles. The van der Waals surface area contributed by atoms with E-state index in [-0.39, 0.29) is 12.0 Å². The molecule has 2 aromatic heterocycles. The predicted octanol–water partition coefficient (Wildman–Crippen LogP) is 6.57. The fraction of sp³-hybridized carbons (Fsp3) is 0.136. The maximum atomic E-state index is 13.5. The number of fused-ring (bicyclic) bond motifs is 1. The number of benzene rings is 2. The Labute approximate surface area is 165 Å². The zero-order chi connectivity index (χ0) is 19.9. The van der Waals surface area contributed by atoms with E-state index in [0.717, 1.165) is 17.2 Å². The second-order valence-electron chi connectivity index (χ2n) is 6.68. The highest BCUT2D eigenvalue weighted by atomic mass is 35.5. The first-order chi connectivity index (χ1) is 13.3. The summed E-state index contributed by atoms with van der Waals surface area (Å²) in [6.07, 6.45) is -2.65. The van der Waals surface area contributed by atoms with Crippen molar-refractivity contribution in [3.8, 4) is 11.3 Å². The molecule has 0 aliphatic heterocycles. The summed E-state index contributed by atoms with van der Waals surface area (Å²) < 4.78 is 42.2. The zero-order valence-electron chi connectivity index (χ0n) is 15.0. The van der Waals surface area contributed by atoms with E-state index in [1.54, 1.807) is 28.8 Å². The number of pyridine rings is 1. The van der Waals surface area contributed by atoms with Crippen LogP contribution in [0.4, 0.5) is 13.2 Å². The number of halogens is 4. The molecule has 4 aromatic rings. The molecule has 0 atom stereocenters. The van der Waals surface area contributed by atoms with Crippen LogP contribution >= 0.6 is 11.6 Å². The fourth-order valence-electron chi connectivity index (χ4n) is 3.31. The Balaban J connectivity index is 1.92. The zero-order valence-corrected chi connectivity index (χ0v) is 15.7. The van der Waals surface area contributed by atoms with Crippen molar-refractivity contribution in [2.24, 2.45) is 0 Å². The van der Waals surface area contributed by atoms with Gasteiger partial charge in [-0.2, -0.15) is 13.2 Å². The molecule has 0 amide bonds. The SMILES string of the molecule is Cc1ccc(-c2nc3ccc(Cl)cn3c2Cc2ccccc2C(F)(F)F)cc1. The third-order valence-electron chi connectivity index (χ3n) is 4.69. The first kappa shape index (κ1) is 18.6. The highest BCUT2D eigenvalue weighted by molar-refractivity contribution is 6.30. The number of aryl methyl sites for hydroxylation is 1. The molecule has 0 unspecified atom stereocenters. The van der Waals surface area contributed by atoms with Gasteiger partial charge in [-0.1, -0.05) is 59.6 Å². The molecule has 0 fully saturated rings. The Kier molecular flexibility index (Phi) is 4.63. The van der Waals surface area contributed by atoms with Crippen molar-refractivity contribution in [1.29, 1.82) is 0 Å². The van der Waals surface area contributed by atoms with Crippen LogP contribution in [-0.4, -0.2) is 9.38 Å². The molecule has 142 valence electrons. The van der Waals surface area contributed by atoms with E-state index in [4.69, 9.17) is 11.6 Å². The number of nitrogens with zero attached hydrogens (tertiary/aromatic N) is 2. The van der Waals surface area contributed by atoms with Gasteiger partial charge in [-0.25, -0.2) is 4.98 Å². The highest BCUT2D eigenvalue weighted by Crippen LogP contribution is 2.35. The Morgan fingerprint density at radius 3 is 2.39 bits per heavy atom. The molecule has 0 saturated heterocycles. The monoisotopic (exact) mass is 400 g/mol. The molecular weight excluding hydrogens is 385 g/mol. The number of imidazole rings is 1. The smallest absolute Gasteiger partial charge is 0.302 e. The maximum absolute atomic E-state index is 13.5. The number of hydrogen-bond acceptors (Lipinski definition) is 1. The lowest BCUT2D eigenvalue weighted by Gasteiger charge is -2.13. The van der Waals surface area contributed by atoms with Crippen molar-refractivity contribution in [2.75, 3.05) is 0 Å². The van der Waals surface area contributed by atoms with E-state index in [9.17, 15) is 13.2 Å². The van der Waals surface area contributed by atoms with Gasteiger partial charge in [0.2, 0.25) is 0 Å². The largest absolute Gasteiger partial charge is 0.416 e. The third kappa shape index (κ3) is 3.50. The van der Waals surface area contributed by atoms with Crippen LogP contribution in [0, 0.1) is 6.92 Å². The normalized spacial score (nSPS) is 11.9. The maximum Gasteiger partial charge on any atom is 0.416 e. The molecular formula is C22H16ClF3N2. The van der Waals surface area contributed by atoms with Crippen LogP contribution in [0.15, 0.2) is 66.9 Å². The number of aromatic nitrogens is 2. The molecule has 0 aliphatic carbocycles. The molecule has 0 spiro atoms. The average molecular weight is 401 g/mol. The summed E-state index contributed by atoms with van der Waals surface area (Å²) in [7, 11) is 0. The third-order valence-corrected chi connectivity index (χ3v) is 4.91. The van der Waals surface area contributed by atoms with Crippen molar-refractivity contribution >= 4 is 17.2 Å². The lowest BCUT2D eigenvalue weighted by Crippen LogP contribution is -2.10. The van der Waals surface area contributed by atoms with E-state index in [1.807, 2.05) is 31.2 Å². The molecule has 0 bridgehead atoms. The first-order valence-electron chi connectivity index (χ1n) is 8.71. The Bertz CT molecular complexity index is 1140. The van der Waals surface area contributed by atoms with Crippen LogP contribution in [0.25, 0.3) is 16.9 Å². The molecule has 2 nitrogen and oxygen atoms in total. The van der Waals surface area contributed by atoms with Gasteiger partial charge in [-0.05, 0) is 30.7 Å². The van der Waals surface area contributed by atoms with Gasteiger partial charge in [0.05, 0.1) is 22.0 Å². The topological polar surface area (TPSA) is 17.3 Å². The average Bonchev–Trinajstić information content (AvgIpc) is 3.00. The van der Waals surface area contributed by atoms with Gasteiger partial charge in [0.15, 0.2) is 0 Å². The van der Waals surface area contributed by atoms with Crippen LogP contribution < -0.4 is 0 Å². The molecule has 0 N–H and O–H groups in total. The van der Waals surface area contributed by atoms with E-state index >= 15 is 0 Å². The number of alkyl halides is 3. The van der Waals surface area contributed by atoms with Crippen molar-refractivity contribution in [2.45, 2.75) is 19.5 Å². The standard InChI is InChI=1S/C22H16ClF3N2/c1-14-6-8-15(9-7-14)21-19(28-13-17(23)10-11-20(28)27-21)12-16-4-2-3-5-18(16)22(24,25)26/h2-11,13H,12H2,1H3. The minimum absolute atomic E-state index is 0.0837. The van der Waals surface area contributed by atoms with Gasteiger partial charge >= 0.3 is 6.18 Å². The summed E-state index contributed by atoms with van der Waals surface area (Å²) >= 11 is 6.14. The lowest BCUT2D eigenvalue weighted by atomic mass is 9.99. The minimum Gasteiger partial charge on any atom is -0.302 e. The second kappa shape index (κ2) is 6.99. The van der Waals surface area contributed by atoms with Crippen LogP contribution in [0.1, 0.15) is 22.4 Å². The molecule has 0 aliphatic rings. The number of hydrogen-bond donors (Lipinski definition) is 0. The second-order valence-corrected chi connectivity index (χ2v) is 7.12. The molecule has 0 saturated carbocycles. The van der Waals surface area contributed by atoms with Crippen LogP contribution in [0.2, 0.25) is 5.02 Å². The van der Waals surface area contributed by atoms with Crippen LogP contribution in [0.3, 0.4) is 0 Å². The van der Waals surface area contributed by atoms with Gasteiger partial charge in [-0.15, -0.1) is 0 Å². The summed E-state index contributed by atoms with van der Waals surface area (Å²) in [4.78, 5) is 4.66. The number of rotatable bonds is 3. The van der Waals surface area contributed by atoms with E-state index in [2.05, 4.69) is 4.98 Å². The van der Waals surface area contributed by atoms with Crippen molar-refractivity contribution in [3.63, 3.8) is 0 Å². The molecule has 0 radical (unpaired) electrons. The van der Waals surface area contributed by atoms with Gasteiger partial charge < -0.3 is 4.40 Å². The molecule has 28 heavy (non-hydrogen) atoms. The van der Waals surface area contributed by atoms with Crippen LogP contribution in [0.5, 0.6) is 0 Å². The fourth-order valence-corrected chi connectivity index (χ4v) is 3.47. The van der Waals surface area contributed by atoms with Crippen LogP contribution in [-0.2, 0) is 12.6 Å². The minimum atomic E-state index is -4.42. The predicted molar refractivity (Wildman–Crippen MR) is 105 cm³/mol. The lowest BCUT2D eigenvalue weighted by molar-refractivity contribution is -0.138. The molecule has 6 heteroatoms. The van der Waals surface area contributed by atoms with Gasteiger partial charge in [0.1, 0.15) is 5.65 Å². The van der Waals surface area contributed by atoms with E-state index in [1.165, 1.54) is 12.1 Å². The van der Waals surface area contributed by atoms with Crippen molar-refractivity contribution in [1.82, 2.24) is 9.38 Å². The Morgan fingerprint density at radius 2 is 1.68 bits per heavy atom. The van der Waals surface area contributed by atoms with E-state index < -0.39 is 11.7 Å². The highest BCUT2D eigenvalue weighted by Gasteiger charge is 2.33. The summed E-state index contributed by atoms with van der Waals surface area (Å²) in [6.45, 7) is 1.98. The molecule has 2 aromatic carbocycles. The quantitative estimate of drug-likeness (QED) is 0.380. The summed E-state index contributed by atoms with van der Waals surface area (Å²) in [5.74, 6) is 0. The van der Waals surface area contributed by atoms with Gasteiger partial charge in [0, 0.05) is 18.2 Å². The first-order valence-corrected chi connectivity index (χ1v) is 9.09. The van der Waals surface area contributed by atoms with Gasteiger partial charge in [-0.3, -0.25) is 0 Å². The Hall–Kier alpha value is -2.79. The van der Waals surface area contributed by atoms with Crippen molar-refractivity contribution < 1.29 is 13.2 Å². The van der Waals surface area contributed by atoms with Gasteiger partial charge in [0.25, 0.3) is 0 Å². The summed E-state index contributed by atoms with van der Waals surface area (Å²) in [5, 5.41) is 0.491.